The van der Waals surface area contributed by atoms with E-state index in [1.165, 1.54) is 0 Å². The summed E-state index contributed by atoms with van der Waals surface area (Å²) in [6.45, 7) is 12.0. The molecule has 5 nitrogen and oxygen atoms in total. The number of nitrogens with zero attached hydrogens (tertiary/aromatic N) is 1. The zero-order chi connectivity index (χ0) is 16.9. The maximum absolute atomic E-state index is 5.95. The van der Waals surface area contributed by atoms with Gasteiger partial charge in [0.1, 0.15) is 11.9 Å². The van der Waals surface area contributed by atoms with Gasteiger partial charge < -0.3 is 20.1 Å². The molecule has 0 heterocycles. The molecule has 0 radical (unpaired) electrons. The van der Waals surface area contributed by atoms with Crippen LogP contribution in [0, 0.1) is 6.92 Å². The minimum atomic E-state index is 0.0231. The third-order valence-corrected chi connectivity index (χ3v) is 3.23. The summed E-state index contributed by atoms with van der Waals surface area (Å²) in [5.41, 5.74) is 1.14. The van der Waals surface area contributed by atoms with Crippen LogP contribution in [0.2, 0.25) is 0 Å². The van der Waals surface area contributed by atoms with Gasteiger partial charge in [-0.2, -0.15) is 0 Å². The van der Waals surface area contributed by atoms with Crippen molar-refractivity contribution in [2.75, 3.05) is 32.8 Å². The summed E-state index contributed by atoms with van der Waals surface area (Å²) in [6.07, 6.45) is 0.989. The van der Waals surface area contributed by atoms with Gasteiger partial charge in [0.05, 0.1) is 6.54 Å². The van der Waals surface area contributed by atoms with Crippen molar-refractivity contribution < 1.29 is 9.47 Å². The van der Waals surface area contributed by atoms with E-state index in [0.717, 1.165) is 50.0 Å². The zero-order valence-corrected chi connectivity index (χ0v) is 14.9. The first-order valence-corrected chi connectivity index (χ1v) is 8.49. The summed E-state index contributed by atoms with van der Waals surface area (Å²) in [5.74, 6) is 1.74. The SMILES string of the molecule is CCNC(=NCC(C)Oc1ccccc1C)NCCCOCC. The van der Waals surface area contributed by atoms with Crippen molar-refractivity contribution in [2.45, 2.75) is 40.2 Å². The number of hydrogen-bond donors (Lipinski definition) is 2. The zero-order valence-electron chi connectivity index (χ0n) is 14.9. The first-order chi connectivity index (χ1) is 11.2. The molecule has 23 heavy (non-hydrogen) atoms. The number of aliphatic imine (C=N–C) groups is 1. The first-order valence-electron chi connectivity index (χ1n) is 8.49. The second kappa shape index (κ2) is 11.8. The number of ether oxygens (including phenoxy) is 2. The van der Waals surface area contributed by atoms with Crippen LogP contribution in [0.5, 0.6) is 5.75 Å². The molecule has 0 saturated heterocycles. The Balaban J connectivity index is 2.41. The maximum atomic E-state index is 5.95. The molecule has 0 saturated carbocycles. The Morgan fingerprint density at radius 1 is 1.22 bits per heavy atom. The van der Waals surface area contributed by atoms with Crippen LogP contribution in [0.1, 0.15) is 32.8 Å². The molecule has 0 aliphatic carbocycles. The van der Waals surface area contributed by atoms with Crippen molar-refractivity contribution in [1.82, 2.24) is 10.6 Å². The number of para-hydroxylation sites is 1. The number of nitrogens with one attached hydrogen (secondary N) is 2. The smallest absolute Gasteiger partial charge is 0.191 e. The largest absolute Gasteiger partial charge is 0.489 e. The summed E-state index contributed by atoms with van der Waals surface area (Å²) in [4.78, 5) is 4.59. The molecule has 0 spiro atoms. The molecule has 0 aliphatic rings. The van der Waals surface area contributed by atoms with Crippen molar-refractivity contribution in [1.29, 1.82) is 0 Å². The van der Waals surface area contributed by atoms with Crippen LogP contribution < -0.4 is 15.4 Å². The Morgan fingerprint density at radius 3 is 2.70 bits per heavy atom. The average molecular weight is 321 g/mol. The molecule has 0 aliphatic heterocycles. The van der Waals surface area contributed by atoms with E-state index in [1.54, 1.807) is 0 Å². The van der Waals surface area contributed by atoms with Gasteiger partial charge >= 0.3 is 0 Å². The molecule has 0 fully saturated rings. The molecule has 0 amide bonds. The molecule has 1 unspecified atom stereocenters. The van der Waals surface area contributed by atoms with Gasteiger partial charge in [-0.25, -0.2) is 4.99 Å². The van der Waals surface area contributed by atoms with Gasteiger partial charge in [0.2, 0.25) is 0 Å². The van der Waals surface area contributed by atoms with Gasteiger partial charge in [-0.1, -0.05) is 18.2 Å². The number of benzene rings is 1. The van der Waals surface area contributed by atoms with Crippen LogP contribution in [-0.2, 0) is 4.74 Å². The highest BCUT2D eigenvalue weighted by Crippen LogP contribution is 2.17. The highest BCUT2D eigenvalue weighted by Gasteiger charge is 2.06. The maximum Gasteiger partial charge on any atom is 0.191 e. The van der Waals surface area contributed by atoms with Crippen LogP contribution in [-0.4, -0.2) is 44.9 Å². The van der Waals surface area contributed by atoms with Crippen LogP contribution >= 0.6 is 0 Å². The quantitative estimate of drug-likeness (QED) is 0.395. The first kappa shape index (κ1) is 19.3. The Morgan fingerprint density at radius 2 is 2.00 bits per heavy atom. The summed E-state index contributed by atoms with van der Waals surface area (Å²) >= 11 is 0. The molecule has 1 aromatic rings. The second-order valence-electron chi connectivity index (χ2n) is 5.39. The number of hydrogen-bond acceptors (Lipinski definition) is 3. The van der Waals surface area contributed by atoms with E-state index in [2.05, 4.69) is 35.5 Å². The number of rotatable bonds is 10. The second-order valence-corrected chi connectivity index (χ2v) is 5.39. The normalized spacial score (nSPS) is 12.8. The summed E-state index contributed by atoms with van der Waals surface area (Å²) in [7, 11) is 0. The van der Waals surface area contributed by atoms with E-state index in [-0.39, 0.29) is 6.10 Å². The molecule has 1 atom stereocenters. The van der Waals surface area contributed by atoms with Gasteiger partial charge in [0.15, 0.2) is 5.96 Å². The number of guanidine groups is 1. The topological polar surface area (TPSA) is 54.9 Å². The standard InChI is InChI=1S/C18H31N3O2/c1-5-19-18(20-12-9-13-22-6-2)21-14-16(4)23-17-11-8-7-10-15(17)3/h7-8,10-11,16H,5-6,9,12-14H2,1-4H3,(H2,19,20,21). The molecular weight excluding hydrogens is 290 g/mol. The van der Waals surface area contributed by atoms with E-state index < -0.39 is 0 Å². The lowest BCUT2D eigenvalue weighted by Crippen LogP contribution is -2.38. The van der Waals surface area contributed by atoms with Gasteiger partial charge in [-0.3, -0.25) is 0 Å². The highest BCUT2D eigenvalue weighted by atomic mass is 16.5. The van der Waals surface area contributed by atoms with Crippen LogP contribution in [0.3, 0.4) is 0 Å². The van der Waals surface area contributed by atoms with Gasteiger partial charge in [0.25, 0.3) is 0 Å². The molecule has 5 heteroatoms. The third kappa shape index (κ3) is 8.45. The minimum absolute atomic E-state index is 0.0231. The van der Waals surface area contributed by atoms with E-state index in [9.17, 15) is 0 Å². The Labute approximate surface area is 140 Å². The van der Waals surface area contributed by atoms with Crippen molar-refractivity contribution in [3.8, 4) is 5.75 Å². The highest BCUT2D eigenvalue weighted by molar-refractivity contribution is 5.79. The Hall–Kier alpha value is -1.75. The average Bonchev–Trinajstić information content (AvgIpc) is 2.54. The van der Waals surface area contributed by atoms with Crippen molar-refractivity contribution in [2.24, 2.45) is 4.99 Å². The van der Waals surface area contributed by atoms with E-state index in [1.807, 2.05) is 32.0 Å². The van der Waals surface area contributed by atoms with E-state index in [4.69, 9.17) is 9.47 Å². The molecule has 0 aromatic heterocycles. The van der Waals surface area contributed by atoms with E-state index >= 15 is 0 Å². The van der Waals surface area contributed by atoms with Crippen molar-refractivity contribution >= 4 is 5.96 Å². The van der Waals surface area contributed by atoms with Gasteiger partial charge in [-0.05, 0) is 45.7 Å². The molecule has 130 valence electrons. The monoisotopic (exact) mass is 321 g/mol. The van der Waals surface area contributed by atoms with Gasteiger partial charge in [0, 0.05) is 26.3 Å². The fraction of sp³-hybridized carbons (Fsp3) is 0.611. The summed E-state index contributed by atoms with van der Waals surface area (Å²) < 4.78 is 11.3. The predicted molar refractivity (Wildman–Crippen MR) is 96.4 cm³/mol. The lowest BCUT2D eigenvalue weighted by molar-refractivity contribution is 0.145. The third-order valence-electron chi connectivity index (χ3n) is 3.23. The fourth-order valence-electron chi connectivity index (χ4n) is 2.03. The molecule has 1 aromatic carbocycles. The molecule has 1 rings (SSSR count). The van der Waals surface area contributed by atoms with Crippen LogP contribution in [0.4, 0.5) is 0 Å². The summed E-state index contributed by atoms with van der Waals surface area (Å²) in [5, 5.41) is 6.56. The number of aryl methyl sites for hydroxylation is 1. The lowest BCUT2D eigenvalue weighted by Gasteiger charge is -2.16. The summed E-state index contributed by atoms with van der Waals surface area (Å²) in [6, 6.07) is 8.05. The minimum Gasteiger partial charge on any atom is -0.489 e. The Bertz CT molecular complexity index is 463. The van der Waals surface area contributed by atoms with E-state index in [0.29, 0.717) is 6.54 Å². The van der Waals surface area contributed by atoms with Crippen LogP contribution in [0.25, 0.3) is 0 Å². The predicted octanol–water partition coefficient (Wildman–Crippen LogP) is 2.74. The Kier molecular flexibility index (Phi) is 9.87. The molecular formula is C18H31N3O2. The van der Waals surface area contributed by atoms with Crippen LogP contribution in [0.15, 0.2) is 29.3 Å². The van der Waals surface area contributed by atoms with Crippen molar-refractivity contribution in [3.63, 3.8) is 0 Å². The molecule has 0 bridgehead atoms. The van der Waals surface area contributed by atoms with Gasteiger partial charge in [-0.15, -0.1) is 0 Å². The molecule has 2 N–H and O–H groups in total. The van der Waals surface area contributed by atoms with Crippen molar-refractivity contribution in [3.05, 3.63) is 29.8 Å². The lowest BCUT2D eigenvalue weighted by atomic mass is 10.2. The fourth-order valence-corrected chi connectivity index (χ4v) is 2.03.